The lowest BCUT2D eigenvalue weighted by Gasteiger charge is -2.13. The van der Waals surface area contributed by atoms with Crippen molar-refractivity contribution in [2.45, 2.75) is 12.5 Å². The first-order chi connectivity index (χ1) is 14.8. The molecule has 4 aromatic carbocycles. The Hall–Kier alpha value is -3.64. The number of aliphatic hydroxyl groups excluding tert-OH is 1. The lowest BCUT2D eigenvalue weighted by atomic mass is 9.92. The van der Waals surface area contributed by atoms with Crippen LogP contribution in [0.15, 0.2) is 78.9 Å². The van der Waals surface area contributed by atoms with Gasteiger partial charge < -0.3 is 10.2 Å². The van der Waals surface area contributed by atoms with Crippen LogP contribution in [0.5, 0.6) is 0 Å². The van der Waals surface area contributed by atoms with Gasteiger partial charge in [0.1, 0.15) is 11.9 Å². The maximum absolute atomic E-state index is 13.2. The van der Waals surface area contributed by atoms with Crippen LogP contribution >= 0.6 is 0 Å². The van der Waals surface area contributed by atoms with E-state index in [0.29, 0.717) is 16.5 Å². The van der Waals surface area contributed by atoms with Gasteiger partial charge in [0.05, 0.1) is 5.56 Å². The summed E-state index contributed by atoms with van der Waals surface area (Å²) in [5.74, 6) is -1.44. The van der Waals surface area contributed by atoms with Crippen LogP contribution in [0.1, 0.15) is 22.0 Å². The van der Waals surface area contributed by atoms with Crippen LogP contribution < -0.4 is 0 Å². The monoisotopic (exact) mass is 422 g/mol. The molecule has 1 atom stereocenters. The highest BCUT2D eigenvalue weighted by Crippen LogP contribution is 2.34. The van der Waals surface area contributed by atoms with Gasteiger partial charge in [0.15, 0.2) is 0 Å². The van der Waals surface area contributed by atoms with Gasteiger partial charge in [-0.2, -0.15) is 0 Å². The molecular weight excluding hydrogens is 405 g/mol. The number of rotatable bonds is 5. The first kappa shape index (κ1) is 20.6. The van der Waals surface area contributed by atoms with Crippen molar-refractivity contribution in [1.29, 1.82) is 0 Å². The zero-order valence-electron chi connectivity index (χ0n) is 16.1. The highest BCUT2D eigenvalue weighted by atomic mass is 19.3. The van der Waals surface area contributed by atoms with E-state index >= 15 is 0 Å². The fourth-order valence-electron chi connectivity index (χ4n) is 3.56. The first-order valence-electron chi connectivity index (χ1n) is 9.47. The molecule has 0 saturated heterocycles. The number of carboxylic acid groups (broad SMARTS) is 1. The number of hydrogen-bond acceptors (Lipinski definition) is 2. The summed E-state index contributed by atoms with van der Waals surface area (Å²) in [6, 6.07) is 20.6. The molecule has 0 heterocycles. The number of carboxylic acids is 1. The average Bonchev–Trinajstić information content (AvgIpc) is 2.78. The van der Waals surface area contributed by atoms with Gasteiger partial charge >= 0.3 is 5.97 Å². The summed E-state index contributed by atoms with van der Waals surface area (Å²) in [4.78, 5) is 11.7. The molecule has 31 heavy (non-hydrogen) atoms. The molecule has 0 bridgehead atoms. The second kappa shape index (κ2) is 8.24. The van der Waals surface area contributed by atoms with Crippen LogP contribution in [-0.2, 0) is 0 Å². The molecule has 1 unspecified atom stereocenters. The van der Waals surface area contributed by atoms with E-state index in [4.69, 9.17) is 0 Å². The summed E-state index contributed by atoms with van der Waals surface area (Å²) < 4.78 is 38.7. The van der Waals surface area contributed by atoms with E-state index in [1.807, 2.05) is 18.2 Å². The molecule has 156 valence electrons. The van der Waals surface area contributed by atoms with E-state index in [2.05, 4.69) is 0 Å². The third-order valence-electron chi connectivity index (χ3n) is 5.18. The van der Waals surface area contributed by atoms with Crippen molar-refractivity contribution >= 4 is 16.7 Å². The Labute approximate surface area is 176 Å². The second-order valence-corrected chi connectivity index (χ2v) is 7.17. The fourth-order valence-corrected chi connectivity index (χ4v) is 3.56. The number of halogens is 3. The summed E-state index contributed by atoms with van der Waals surface area (Å²) in [6.07, 6.45) is -4.78. The molecule has 0 spiro atoms. The maximum atomic E-state index is 13.2. The minimum Gasteiger partial charge on any atom is -0.478 e. The van der Waals surface area contributed by atoms with Gasteiger partial charge in [-0.05, 0) is 68.9 Å². The molecule has 2 N–H and O–H groups in total. The van der Waals surface area contributed by atoms with Gasteiger partial charge in [0, 0.05) is 0 Å². The Balaban J connectivity index is 1.84. The van der Waals surface area contributed by atoms with Crippen molar-refractivity contribution in [1.82, 2.24) is 0 Å². The molecule has 0 aliphatic rings. The normalized spacial score (nSPS) is 12.3. The lowest BCUT2D eigenvalue weighted by Crippen LogP contribution is -2.07. The SMILES string of the molecule is O=C(O)c1cc(-c2ccc(C(O)C(F)F)cc2)c2ccc(-c3ccc(F)cc3)cc2c1. The van der Waals surface area contributed by atoms with Crippen LogP contribution in [0.4, 0.5) is 13.2 Å². The molecule has 0 aromatic heterocycles. The molecule has 0 amide bonds. The molecule has 0 aliphatic carbocycles. The Kier molecular flexibility index (Phi) is 5.48. The third-order valence-corrected chi connectivity index (χ3v) is 5.18. The van der Waals surface area contributed by atoms with Gasteiger partial charge in [-0.15, -0.1) is 0 Å². The summed E-state index contributed by atoms with van der Waals surface area (Å²) >= 11 is 0. The average molecular weight is 422 g/mol. The van der Waals surface area contributed by atoms with Gasteiger partial charge in [-0.3, -0.25) is 0 Å². The van der Waals surface area contributed by atoms with Crippen molar-refractivity contribution < 1.29 is 28.2 Å². The van der Waals surface area contributed by atoms with Crippen molar-refractivity contribution in [2.75, 3.05) is 0 Å². The quantitative estimate of drug-likeness (QED) is 0.396. The predicted octanol–water partition coefficient (Wildman–Crippen LogP) is 6.31. The number of aliphatic hydroxyl groups is 1. The van der Waals surface area contributed by atoms with E-state index in [-0.39, 0.29) is 16.9 Å². The van der Waals surface area contributed by atoms with Gasteiger partial charge in [0.2, 0.25) is 0 Å². The molecule has 0 aliphatic heterocycles. The third kappa shape index (κ3) is 4.15. The zero-order valence-corrected chi connectivity index (χ0v) is 16.1. The minimum atomic E-state index is -2.90. The predicted molar refractivity (Wildman–Crippen MR) is 113 cm³/mol. The molecule has 4 aromatic rings. The lowest BCUT2D eigenvalue weighted by molar-refractivity contribution is -0.00577. The summed E-state index contributed by atoms with van der Waals surface area (Å²) in [6.45, 7) is 0. The molecule has 6 heteroatoms. The van der Waals surface area contributed by atoms with Gasteiger partial charge in [-0.1, -0.05) is 48.5 Å². The number of fused-ring (bicyclic) bond motifs is 1. The highest BCUT2D eigenvalue weighted by molar-refractivity contribution is 6.04. The molecule has 0 fully saturated rings. The standard InChI is InChI=1S/C25H17F3O3/c26-20-8-5-14(6-9-20)17-7-10-21-18(11-17)12-19(25(30)31)13-22(21)15-1-3-16(4-2-15)23(29)24(27)28/h1-13,23-24,29H,(H,30,31). The van der Waals surface area contributed by atoms with Crippen LogP contribution in [0, 0.1) is 5.82 Å². The molecule has 0 radical (unpaired) electrons. The Morgan fingerprint density at radius 1 is 0.774 bits per heavy atom. The van der Waals surface area contributed by atoms with Gasteiger partial charge in [0.25, 0.3) is 6.43 Å². The van der Waals surface area contributed by atoms with Gasteiger partial charge in [-0.25, -0.2) is 18.0 Å². The topological polar surface area (TPSA) is 57.5 Å². The Morgan fingerprint density at radius 2 is 1.39 bits per heavy atom. The number of carbonyl (C=O) groups is 1. The largest absolute Gasteiger partial charge is 0.478 e. The van der Waals surface area contributed by atoms with Crippen molar-refractivity contribution in [3.05, 3.63) is 95.8 Å². The molecule has 0 saturated carbocycles. The number of aromatic carboxylic acids is 1. The van der Waals surface area contributed by atoms with Crippen molar-refractivity contribution in [3.8, 4) is 22.3 Å². The van der Waals surface area contributed by atoms with Crippen LogP contribution in [0.3, 0.4) is 0 Å². The van der Waals surface area contributed by atoms with Crippen LogP contribution in [0.2, 0.25) is 0 Å². The fraction of sp³-hybridized carbons (Fsp3) is 0.0800. The smallest absolute Gasteiger partial charge is 0.335 e. The highest BCUT2D eigenvalue weighted by Gasteiger charge is 2.19. The molecular formula is C25H17F3O3. The summed E-state index contributed by atoms with van der Waals surface area (Å²) in [5.41, 5.74) is 3.00. The van der Waals surface area contributed by atoms with E-state index in [9.17, 15) is 28.2 Å². The maximum Gasteiger partial charge on any atom is 0.335 e. The molecule has 4 rings (SSSR count). The van der Waals surface area contributed by atoms with E-state index in [1.165, 1.54) is 30.3 Å². The summed E-state index contributed by atoms with van der Waals surface area (Å²) in [7, 11) is 0. The first-order valence-corrected chi connectivity index (χ1v) is 9.47. The number of hydrogen-bond donors (Lipinski definition) is 2. The number of benzene rings is 4. The zero-order chi connectivity index (χ0) is 22.1. The van der Waals surface area contributed by atoms with E-state index in [1.54, 1.807) is 30.3 Å². The minimum absolute atomic E-state index is 0.0791. The van der Waals surface area contributed by atoms with Crippen LogP contribution in [0.25, 0.3) is 33.0 Å². The van der Waals surface area contributed by atoms with Crippen molar-refractivity contribution in [3.63, 3.8) is 0 Å². The van der Waals surface area contributed by atoms with E-state index in [0.717, 1.165) is 16.5 Å². The number of alkyl halides is 2. The second-order valence-electron chi connectivity index (χ2n) is 7.17. The van der Waals surface area contributed by atoms with E-state index < -0.39 is 18.5 Å². The summed E-state index contributed by atoms with van der Waals surface area (Å²) in [5, 5.41) is 20.6. The van der Waals surface area contributed by atoms with Crippen LogP contribution in [-0.4, -0.2) is 22.6 Å². The van der Waals surface area contributed by atoms with Crippen molar-refractivity contribution in [2.24, 2.45) is 0 Å². The Bertz CT molecular complexity index is 1250. The molecule has 3 nitrogen and oxygen atoms in total. The Morgan fingerprint density at radius 3 is 2.00 bits per heavy atom.